The molecule has 1 atom stereocenters. The Bertz CT molecular complexity index is 744. The van der Waals surface area contributed by atoms with Crippen molar-refractivity contribution in [3.05, 3.63) is 46.2 Å². The predicted octanol–water partition coefficient (Wildman–Crippen LogP) is 3.95. The average molecular weight is 533 g/mol. The maximum Gasteiger partial charge on any atom is 0.191 e. The van der Waals surface area contributed by atoms with Crippen LogP contribution >= 0.6 is 35.3 Å². The monoisotopic (exact) mass is 533 g/mol. The Labute approximate surface area is 194 Å². The summed E-state index contributed by atoms with van der Waals surface area (Å²) in [6.07, 6.45) is -0.724. The number of aliphatic hydroxyl groups is 1. The SMILES string of the molecule is CCNC(=NCC(C)(C)c1cccs1)NCC(O)c1cc(OC)cc(OC)c1.I. The zero-order chi connectivity index (χ0) is 20.6. The van der Waals surface area contributed by atoms with Gasteiger partial charge < -0.3 is 25.2 Å². The number of benzene rings is 1. The number of nitrogens with one attached hydrogen (secondary N) is 2. The third kappa shape index (κ3) is 7.67. The van der Waals surface area contributed by atoms with Crippen LogP contribution in [0.15, 0.2) is 40.7 Å². The second-order valence-electron chi connectivity index (χ2n) is 7.10. The summed E-state index contributed by atoms with van der Waals surface area (Å²) in [6, 6.07) is 9.59. The van der Waals surface area contributed by atoms with E-state index in [4.69, 9.17) is 14.5 Å². The Morgan fingerprint density at radius 3 is 2.34 bits per heavy atom. The van der Waals surface area contributed by atoms with E-state index in [1.165, 1.54) is 4.88 Å². The zero-order valence-corrected chi connectivity index (χ0v) is 20.8. The van der Waals surface area contributed by atoms with E-state index >= 15 is 0 Å². The van der Waals surface area contributed by atoms with Crippen LogP contribution in [0.4, 0.5) is 0 Å². The molecule has 0 fully saturated rings. The largest absolute Gasteiger partial charge is 0.497 e. The highest BCUT2D eigenvalue weighted by molar-refractivity contribution is 14.0. The molecule has 1 unspecified atom stereocenters. The normalized spacial score (nSPS) is 12.7. The first-order chi connectivity index (χ1) is 13.4. The molecule has 2 aromatic rings. The van der Waals surface area contributed by atoms with Crippen LogP contribution < -0.4 is 20.1 Å². The van der Waals surface area contributed by atoms with Crippen molar-refractivity contribution in [2.24, 2.45) is 4.99 Å². The van der Waals surface area contributed by atoms with Gasteiger partial charge in [-0.3, -0.25) is 4.99 Å². The van der Waals surface area contributed by atoms with Gasteiger partial charge in [-0.2, -0.15) is 0 Å². The lowest BCUT2D eigenvalue weighted by atomic mass is 9.92. The maximum atomic E-state index is 10.6. The minimum Gasteiger partial charge on any atom is -0.497 e. The summed E-state index contributed by atoms with van der Waals surface area (Å²) in [5, 5.41) is 19.1. The molecule has 0 aliphatic carbocycles. The molecule has 1 heterocycles. The van der Waals surface area contributed by atoms with Crippen LogP contribution in [-0.4, -0.2) is 44.9 Å². The fraction of sp³-hybridized carbons (Fsp3) is 0.476. The number of thiophene rings is 1. The lowest BCUT2D eigenvalue weighted by Crippen LogP contribution is -2.40. The van der Waals surface area contributed by atoms with E-state index in [0.29, 0.717) is 30.5 Å². The summed E-state index contributed by atoms with van der Waals surface area (Å²) in [6.45, 7) is 8.10. The van der Waals surface area contributed by atoms with E-state index in [1.807, 2.05) is 6.92 Å². The molecule has 0 saturated heterocycles. The lowest BCUT2D eigenvalue weighted by Gasteiger charge is -2.22. The molecule has 0 aliphatic rings. The first kappa shape index (κ1) is 25.5. The second-order valence-corrected chi connectivity index (χ2v) is 8.05. The van der Waals surface area contributed by atoms with Crippen LogP contribution in [0.1, 0.15) is 37.3 Å². The Morgan fingerprint density at radius 1 is 1.17 bits per heavy atom. The van der Waals surface area contributed by atoms with E-state index in [9.17, 15) is 5.11 Å². The third-order valence-electron chi connectivity index (χ3n) is 4.39. The molecule has 2 rings (SSSR count). The molecule has 162 valence electrons. The van der Waals surface area contributed by atoms with Gasteiger partial charge >= 0.3 is 0 Å². The average Bonchev–Trinajstić information content (AvgIpc) is 3.25. The van der Waals surface area contributed by atoms with Gasteiger partial charge in [0.25, 0.3) is 0 Å². The molecule has 3 N–H and O–H groups in total. The van der Waals surface area contributed by atoms with Gasteiger partial charge in [0.15, 0.2) is 5.96 Å². The number of hydrogen-bond acceptors (Lipinski definition) is 5. The van der Waals surface area contributed by atoms with Crippen molar-refractivity contribution in [1.82, 2.24) is 10.6 Å². The van der Waals surface area contributed by atoms with Crippen LogP contribution in [0, 0.1) is 0 Å². The second kappa shape index (κ2) is 12.2. The summed E-state index contributed by atoms with van der Waals surface area (Å²) >= 11 is 1.74. The van der Waals surface area contributed by atoms with Gasteiger partial charge in [-0.1, -0.05) is 19.9 Å². The van der Waals surface area contributed by atoms with Crippen LogP contribution in [0.2, 0.25) is 0 Å². The molecule has 0 amide bonds. The molecule has 0 bridgehead atoms. The first-order valence-corrected chi connectivity index (χ1v) is 10.2. The molecule has 0 spiro atoms. The highest BCUT2D eigenvalue weighted by Crippen LogP contribution is 2.28. The topological polar surface area (TPSA) is 75.1 Å². The quantitative estimate of drug-likeness (QED) is 0.259. The Kier molecular flexibility index (Phi) is 10.8. The van der Waals surface area contributed by atoms with Crippen LogP contribution in [0.25, 0.3) is 0 Å². The minimum absolute atomic E-state index is 0. The number of methoxy groups -OCH3 is 2. The van der Waals surface area contributed by atoms with Crippen molar-refractivity contribution in [1.29, 1.82) is 0 Å². The van der Waals surface area contributed by atoms with E-state index in [-0.39, 0.29) is 29.4 Å². The molecule has 1 aromatic heterocycles. The number of hydrogen-bond donors (Lipinski definition) is 3. The fourth-order valence-electron chi connectivity index (χ4n) is 2.69. The Morgan fingerprint density at radius 2 is 1.83 bits per heavy atom. The van der Waals surface area contributed by atoms with Gasteiger partial charge in [0.05, 0.1) is 26.9 Å². The number of ether oxygens (including phenoxy) is 2. The van der Waals surface area contributed by atoms with Crippen LogP contribution in [-0.2, 0) is 5.41 Å². The van der Waals surface area contributed by atoms with E-state index in [0.717, 1.165) is 12.1 Å². The van der Waals surface area contributed by atoms with Gasteiger partial charge in [0.1, 0.15) is 11.5 Å². The molecular formula is C21H32IN3O3S. The van der Waals surface area contributed by atoms with Crippen molar-refractivity contribution in [3.63, 3.8) is 0 Å². The summed E-state index contributed by atoms with van der Waals surface area (Å²) in [5.41, 5.74) is 0.674. The number of nitrogens with zero attached hydrogens (tertiary/aromatic N) is 1. The molecule has 0 saturated carbocycles. The van der Waals surface area contributed by atoms with Crippen LogP contribution in [0.5, 0.6) is 11.5 Å². The summed E-state index contributed by atoms with van der Waals surface area (Å²) < 4.78 is 10.6. The van der Waals surface area contributed by atoms with E-state index < -0.39 is 6.10 Å². The van der Waals surface area contributed by atoms with Crippen molar-refractivity contribution < 1.29 is 14.6 Å². The molecule has 1 aromatic carbocycles. The maximum absolute atomic E-state index is 10.6. The molecule has 8 heteroatoms. The number of guanidine groups is 1. The number of aliphatic imine (C=N–C) groups is 1. The number of rotatable bonds is 9. The van der Waals surface area contributed by atoms with Gasteiger partial charge in [-0.05, 0) is 36.1 Å². The molecule has 6 nitrogen and oxygen atoms in total. The van der Waals surface area contributed by atoms with E-state index in [1.54, 1.807) is 43.8 Å². The highest BCUT2D eigenvalue weighted by Gasteiger charge is 2.21. The summed E-state index contributed by atoms with van der Waals surface area (Å²) in [4.78, 5) is 6.02. The van der Waals surface area contributed by atoms with Gasteiger partial charge in [0.2, 0.25) is 0 Å². The van der Waals surface area contributed by atoms with Gasteiger partial charge in [-0.15, -0.1) is 35.3 Å². The molecular weight excluding hydrogens is 501 g/mol. The number of halogens is 1. The van der Waals surface area contributed by atoms with Gasteiger partial charge in [0, 0.05) is 29.4 Å². The van der Waals surface area contributed by atoms with Gasteiger partial charge in [-0.25, -0.2) is 0 Å². The Hall–Kier alpha value is -1.52. The van der Waals surface area contributed by atoms with Crippen molar-refractivity contribution in [3.8, 4) is 11.5 Å². The van der Waals surface area contributed by atoms with Crippen molar-refractivity contribution in [2.75, 3.05) is 33.9 Å². The first-order valence-electron chi connectivity index (χ1n) is 9.36. The third-order valence-corrected chi connectivity index (χ3v) is 5.62. The molecule has 0 aliphatic heterocycles. The van der Waals surface area contributed by atoms with Crippen molar-refractivity contribution >= 4 is 41.3 Å². The van der Waals surface area contributed by atoms with Crippen molar-refractivity contribution in [2.45, 2.75) is 32.3 Å². The molecule has 29 heavy (non-hydrogen) atoms. The fourth-order valence-corrected chi connectivity index (χ4v) is 3.54. The lowest BCUT2D eigenvalue weighted by molar-refractivity contribution is 0.180. The highest BCUT2D eigenvalue weighted by atomic mass is 127. The minimum atomic E-state index is -0.724. The smallest absolute Gasteiger partial charge is 0.191 e. The zero-order valence-electron chi connectivity index (χ0n) is 17.7. The standard InChI is InChI=1S/C21H31N3O3S.HI/c1-6-22-20(24-14-21(2,3)19-8-7-9-28-19)23-13-18(25)15-10-16(26-4)12-17(11-15)27-5;/h7-12,18,25H,6,13-14H2,1-5H3,(H2,22,23,24);1H. The summed E-state index contributed by atoms with van der Waals surface area (Å²) in [5.74, 6) is 1.97. The number of aliphatic hydroxyl groups excluding tert-OH is 1. The van der Waals surface area contributed by atoms with Crippen LogP contribution in [0.3, 0.4) is 0 Å². The Balaban J connectivity index is 0.00000420. The van der Waals surface area contributed by atoms with E-state index in [2.05, 4.69) is 42.0 Å². The molecule has 0 radical (unpaired) electrons. The predicted molar refractivity (Wildman–Crippen MR) is 131 cm³/mol. The summed E-state index contributed by atoms with van der Waals surface area (Å²) in [7, 11) is 3.18.